The van der Waals surface area contributed by atoms with Crippen LogP contribution in [-0.2, 0) is 14.8 Å². The molecule has 6 nitrogen and oxygen atoms in total. The summed E-state index contributed by atoms with van der Waals surface area (Å²) in [6, 6.07) is 6.45. The molecule has 1 aromatic rings. The second kappa shape index (κ2) is 6.91. The van der Waals surface area contributed by atoms with E-state index in [1.165, 1.54) is 6.07 Å². The summed E-state index contributed by atoms with van der Waals surface area (Å²) in [5.41, 5.74) is 0.330. The molecule has 0 heterocycles. The molecule has 0 amide bonds. The number of primary sulfonamides is 1. The maximum Gasteiger partial charge on any atom is 0.303 e. The lowest BCUT2D eigenvalue weighted by Gasteiger charge is -2.24. The average Bonchev–Trinajstić information content (AvgIpc) is 2.36. The topological polar surface area (TPSA) is 109 Å². The van der Waals surface area contributed by atoms with E-state index < -0.39 is 16.0 Å². The van der Waals surface area contributed by atoms with Gasteiger partial charge in [0.05, 0.1) is 5.69 Å². The first-order chi connectivity index (χ1) is 9.62. The maximum absolute atomic E-state index is 11.5. The summed E-state index contributed by atoms with van der Waals surface area (Å²) in [7, 11) is -3.76. The minimum absolute atomic E-state index is 0.0633. The van der Waals surface area contributed by atoms with Gasteiger partial charge in [0.25, 0.3) is 0 Å². The zero-order valence-electron chi connectivity index (χ0n) is 12.3. The van der Waals surface area contributed by atoms with E-state index in [1.807, 2.05) is 13.8 Å². The second-order valence-corrected chi connectivity index (χ2v) is 7.31. The molecule has 0 aliphatic rings. The van der Waals surface area contributed by atoms with Crippen molar-refractivity contribution in [1.29, 1.82) is 0 Å². The lowest BCUT2D eigenvalue weighted by atomic mass is 9.84. The van der Waals surface area contributed by atoms with Gasteiger partial charge in [0.2, 0.25) is 10.0 Å². The molecule has 0 atom stereocenters. The number of nitrogens with two attached hydrogens (primary N) is 1. The Kier molecular flexibility index (Phi) is 5.74. The van der Waals surface area contributed by atoms with Gasteiger partial charge in [-0.05, 0) is 30.4 Å². The summed E-state index contributed by atoms with van der Waals surface area (Å²) in [5, 5.41) is 16.9. The van der Waals surface area contributed by atoms with Crippen LogP contribution in [0.2, 0.25) is 0 Å². The van der Waals surface area contributed by atoms with E-state index in [2.05, 4.69) is 5.32 Å². The molecular formula is C14H22N2O4S. The van der Waals surface area contributed by atoms with Gasteiger partial charge in [0.15, 0.2) is 0 Å². The maximum atomic E-state index is 11.5. The summed E-state index contributed by atoms with van der Waals surface area (Å²) in [5.74, 6) is -0.810. The van der Waals surface area contributed by atoms with E-state index >= 15 is 0 Å². The molecule has 0 unspecified atom stereocenters. The first-order valence-electron chi connectivity index (χ1n) is 6.69. The number of carboxylic acid groups (broad SMARTS) is 1. The third kappa shape index (κ3) is 6.14. The van der Waals surface area contributed by atoms with Gasteiger partial charge >= 0.3 is 5.97 Å². The summed E-state index contributed by atoms with van der Waals surface area (Å²) in [4.78, 5) is 10.7. The molecule has 0 aliphatic carbocycles. The Morgan fingerprint density at radius 3 is 2.48 bits per heavy atom. The number of carbonyl (C=O) groups is 1. The number of carboxylic acids is 1. The van der Waals surface area contributed by atoms with Crippen molar-refractivity contribution in [3.05, 3.63) is 24.3 Å². The number of anilines is 1. The minimum Gasteiger partial charge on any atom is -0.481 e. The molecule has 0 spiro atoms. The minimum atomic E-state index is -3.76. The highest BCUT2D eigenvalue weighted by atomic mass is 32.2. The highest BCUT2D eigenvalue weighted by molar-refractivity contribution is 7.89. The zero-order valence-corrected chi connectivity index (χ0v) is 13.1. The van der Waals surface area contributed by atoms with E-state index in [4.69, 9.17) is 10.2 Å². The van der Waals surface area contributed by atoms with Crippen molar-refractivity contribution in [1.82, 2.24) is 0 Å². The summed E-state index contributed by atoms with van der Waals surface area (Å²) >= 11 is 0. The van der Waals surface area contributed by atoms with Crippen molar-refractivity contribution in [2.45, 2.75) is 38.0 Å². The SMILES string of the molecule is CC(C)(CCNc1ccccc1S(N)(=O)=O)CCC(=O)O. The quantitative estimate of drug-likeness (QED) is 0.680. The van der Waals surface area contributed by atoms with E-state index in [0.717, 1.165) is 6.42 Å². The fourth-order valence-corrected chi connectivity index (χ4v) is 2.68. The van der Waals surface area contributed by atoms with Crippen LogP contribution in [-0.4, -0.2) is 26.0 Å². The lowest BCUT2D eigenvalue weighted by molar-refractivity contribution is -0.137. The number of nitrogens with one attached hydrogen (secondary N) is 1. The number of hydrogen-bond donors (Lipinski definition) is 3. The summed E-state index contributed by atoms with van der Waals surface area (Å²) in [6.07, 6.45) is 1.42. The van der Waals surface area contributed by atoms with Gasteiger partial charge < -0.3 is 10.4 Å². The molecule has 1 rings (SSSR count). The van der Waals surface area contributed by atoms with Gasteiger partial charge in [0.1, 0.15) is 4.90 Å². The number of hydrogen-bond acceptors (Lipinski definition) is 4. The Hall–Kier alpha value is -1.60. The molecule has 0 radical (unpaired) electrons. The van der Waals surface area contributed by atoms with Crippen molar-refractivity contribution in [3.8, 4) is 0 Å². The number of para-hydroxylation sites is 1. The second-order valence-electron chi connectivity index (χ2n) is 5.78. The molecule has 0 aromatic heterocycles. The monoisotopic (exact) mass is 314 g/mol. The van der Waals surface area contributed by atoms with Crippen LogP contribution < -0.4 is 10.5 Å². The van der Waals surface area contributed by atoms with E-state index in [1.54, 1.807) is 18.2 Å². The standard InChI is InChI=1S/C14H22N2O4S/c1-14(2,8-7-13(17)18)9-10-16-11-5-3-4-6-12(11)21(15,19)20/h3-6,16H,7-10H2,1-2H3,(H,17,18)(H2,15,19,20). The van der Waals surface area contributed by atoms with Crippen molar-refractivity contribution in [2.75, 3.05) is 11.9 Å². The van der Waals surface area contributed by atoms with Crippen LogP contribution >= 0.6 is 0 Å². The van der Waals surface area contributed by atoms with Crippen LogP contribution in [0.5, 0.6) is 0 Å². The zero-order chi connectivity index (χ0) is 16.1. The molecule has 4 N–H and O–H groups in total. The van der Waals surface area contributed by atoms with Gasteiger partial charge in [-0.15, -0.1) is 0 Å². The molecule has 1 aromatic carbocycles. The van der Waals surface area contributed by atoms with E-state index in [0.29, 0.717) is 18.7 Å². The summed E-state index contributed by atoms with van der Waals surface area (Å²) < 4.78 is 22.9. The first-order valence-corrected chi connectivity index (χ1v) is 8.24. The predicted octanol–water partition coefficient (Wildman–Crippen LogP) is 2.03. The number of sulfonamides is 1. The normalized spacial score (nSPS) is 12.1. The molecule has 0 saturated heterocycles. The molecule has 7 heteroatoms. The van der Waals surface area contributed by atoms with Gasteiger partial charge in [0, 0.05) is 13.0 Å². The van der Waals surface area contributed by atoms with Gasteiger partial charge in [-0.3, -0.25) is 4.79 Å². The Labute approximate surface area is 125 Å². The third-order valence-electron chi connectivity index (χ3n) is 3.33. The van der Waals surface area contributed by atoms with Crippen LogP contribution in [0.1, 0.15) is 33.1 Å². The molecule has 118 valence electrons. The van der Waals surface area contributed by atoms with Crippen LogP contribution in [0.15, 0.2) is 29.2 Å². The highest BCUT2D eigenvalue weighted by Crippen LogP contribution is 2.27. The van der Waals surface area contributed by atoms with Crippen LogP contribution in [0.4, 0.5) is 5.69 Å². The Bertz CT molecular complexity index is 597. The van der Waals surface area contributed by atoms with Crippen molar-refractivity contribution in [2.24, 2.45) is 10.6 Å². The van der Waals surface area contributed by atoms with Crippen LogP contribution in [0, 0.1) is 5.41 Å². The van der Waals surface area contributed by atoms with Crippen LogP contribution in [0.3, 0.4) is 0 Å². The molecule has 0 aliphatic heterocycles. The predicted molar refractivity (Wildman–Crippen MR) is 81.6 cm³/mol. The van der Waals surface area contributed by atoms with E-state index in [-0.39, 0.29) is 16.7 Å². The van der Waals surface area contributed by atoms with Crippen molar-refractivity contribution < 1.29 is 18.3 Å². The smallest absolute Gasteiger partial charge is 0.303 e. The van der Waals surface area contributed by atoms with Crippen molar-refractivity contribution >= 4 is 21.7 Å². The highest BCUT2D eigenvalue weighted by Gasteiger charge is 2.19. The number of aliphatic carboxylic acids is 1. The Balaban J connectivity index is 2.63. The number of rotatable bonds is 8. The van der Waals surface area contributed by atoms with E-state index in [9.17, 15) is 13.2 Å². The molecule has 0 saturated carbocycles. The Morgan fingerprint density at radius 2 is 1.90 bits per heavy atom. The fraction of sp³-hybridized carbons (Fsp3) is 0.500. The first kappa shape index (κ1) is 17.5. The summed E-state index contributed by atoms with van der Waals surface area (Å²) in [6.45, 7) is 4.52. The molecule has 0 bridgehead atoms. The molecule has 0 fully saturated rings. The largest absolute Gasteiger partial charge is 0.481 e. The van der Waals surface area contributed by atoms with Crippen LogP contribution in [0.25, 0.3) is 0 Å². The van der Waals surface area contributed by atoms with Gasteiger partial charge in [-0.25, -0.2) is 13.6 Å². The van der Waals surface area contributed by atoms with Gasteiger partial charge in [-0.2, -0.15) is 0 Å². The Morgan fingerprint density at radius 1 is 1.29 bits per heavy atom. The fourth-order valence-electron chi connectivity index (χ4n) is 1.97. The van der Waals surface area contributed by atoms with Gasteiger partial charge in [-0.1, -0.05) is 26.0 Å². The number of benzene rings is 1. The third-order valence-corrected chi connectivity index (χ3v) is 4.30. The average molecular weight is 314 g/mol. The van der Waals surface area contributed by atoms with Crippen molar-refractivity contribution in [3.63, 3.8) is 0 Å². The lowest BCUT2D eigenvalue weighted by Crippen LogP contribution is -2.20. The molecular weight excluding hydrogens is 292 g/mol. The molecule has 21 heavy (non-hydrogen) atoms.